The van der Waals surface area contributed by atoms with E-state index in [1.54, 1.807) is 6.07 Å². The van der Waals surface area contributed by atoms with Crippen LogP contribution in [0.1, 0.15) is 19.3 Å². The first-order valence-corrected chi connectivity index (χ1v) is 11.7. The van der Waals surface area contributed by atoms with Crippen molar-refractivity contribution in [3.05, 3.63) is 42.5 Å². The van der Waals surface area contributed by atoms with Crippen LogP contribution in [0.3, 0.4) is 0 Å². The Kier molecular flexibility index (Phi) is 6.11. The van der Waals surface area contributed by atoms with Crippen molar-refractivity contribution in [2.75, 3.05) is 10.6 Å². The third-order valence-electron chi connectivity index (χ3n) is 5.08. The van der Waals surface area contributed by atoms with Gasteiger partial charge in [0.2, 0.25) is 23.7 Å². The number of primary amides is 2. The number of nitrogens with zero attached hydrogens (tertiary/aromatic N) is 1. The van der Waals surface area contributed by atoms with Crippen molar-refractivity contribution in [1.82, 2.24) is 9.97 Å². The Hall–Kier alpha value is -4.13. The highest BCUT2D eigenvalue weighted by Gasteiger charge is 2.30. The van der Waals surface area contributed by atoms with Gasteiger partial charge in [-0.25, -0.2) is 4.98 Å². The summed E-state index contributed by atoms with van der Waals surface area (Å²) < 4.78 is 30.6. The summed E-state index contributed by atoms with van der Waals surface area (Å²) in [5.41, 5.74) is 11.7. The predicted octanol–water partition coefficient (Wildman–Crippen LogP) is 0.820. The van der Waals surface area contributed by atoms with Gasteiger partial charge < -0.3 is 26.0 Å². The topological polar surface area (TPSA) is 199 Å². The van der Waals surface area contributed by atoms with Crippen LogP contribution >= 0.6 is 0 Å². The summed E-state index contributed by atoms with van der Waals surface area (Å²) in [5, 5.41) is 5.43. The number of hydrogen-bond donors (Lipinski definition) is 5. The third kappa shape index (κ3) is 5.43. The minimum Gasteiger partial charge on any atom is -0.379 e. The van der Waals surface area contributed by atoms with E-state index in [4.69, 9.17) is 15.7 Å². The molecule has 3 aromatic rings. The van der Waals surface area contributed by atoms with E-state index in [0.29, 0.717) is 16.7 Å². The van der Waals surface area contributed by atoms with Crippen LogP contribution in [0, 0.1) is 5.92 Å². The number of rotatable bonds is 10. The molecule has 1 fully saturated rings. The molecule has 2 aromatic carbocycles. The Morgan fingerprint density at radius 1 is 1.12 bits per heavy atom. The number of hydrogen-bond acceptors (Lipinski definition) is 8. The van der Waals surface area contributed by atoms with Gasteiger partial charge in [0.25, 0.3) is 0 Å². The molecule has 1 heterocycles. The molecule has 0 radical (unpaired) electrons. The average molecular weight is 487 g/mol. The Morgan fingerprint density at radius 3 is 2.44 bits per heavy atom. The van der Waals surface area contributed by atoms with E-state index in [9.17, 15) is 22.8 Å². The molecule has 0 aliphatic heterocycles. The molecule has 1 atom stereocenters. The van der Waals surface area contributed by atoms with Crippen LogP contribution in [0.2, 0.25) is 0 Å². The van der Waals surface area contributed by atoms with Crippen LogP contribution in [0.25, 0.3) is 11.0 Å². The monoisotopic (exact) mass is 486 g/mol. The number of H-pyrrole nitrogens is 1. The summed E-state index contributed by atoms with van der Waals surface area (Å²) in [6.07, 6.45) is 1.41. The number of nitrogens with two attached hydrogens (primary N) is 2. The van der Waals surface area contributed by atoms with Crippen LogP contribution in [-0.4, -0.2) is 42.1 Å². The summed E-state index contributed by atoms with van der Waals surface area (Å²) >= 11 is 0. The second-order valence-corrected chi connectivity index (χ2v) is 9.41. The molecule has 178 valence electrons. The van der Waals surface area contributed by atoms with Crippen LogP contribution in [0.4, 0.5) is 11.6 Å². The zero-order valence-electron chi connectivity index (χ0n) is 17.8. The highest BCUT2D eigenvalue weighted by Crippen LogP contribution is 2.30. The molecule has 1 aliphatic rings. The van der Waals surface area contributed by atoms with Gasteiger partial charge in [0.15, 0.2) is 0 Å². The Balaban J connectivity index is 1.46. The number of aromatic nitrogens is 2. The van der Waals surface area contributed by atoms with Gasteiger partial charge in [-0.05, 0) is 49.2 Å². The molecule has 0 spiro atoms. The normalized spacial score (nSPS) is 14.4. The quantitative estimate of drug-likeness (QED) is 0.259. The molecule has 4 rings (SSSR count). The van der Waals surface area contributed by atoms with E-state index >= 15 is 0 Å². The van der Waals surface area contributed by atoms with Gasteiger partial charge in [-0.3, -0.25) is 19.7 Å². The molecule has 0 saturated heterocycles. The van der Waals surface area contributed by atoms with E-state index < -0.39 is 28.0 Å². The number of nitrogens with one attached hydrogen (secondary N) is 3. The van der Waals surface area contributed by atoms with Crippen molar-refractivity contribution >= 4 is 50.5 Å². The molecule has 0 bridgehead atoms. The van der Waals surface area contributed by atoms with E-state index in [1.165, 1.54) is 36.4 Å². The van der Waals surface area contributed by atoms with Crippen molar-refractivity contribution in [3.8, 4) is 5.75 Å². The lowest BCUT2D eigenvalue weighted by Crippen LogP contribution is -2.38. The standard InChI is InChI=1S/C21H22N6O6S/c22-18(28)10-17(19(23)29)24-12-3-6-14(7-4-12)34(31,32)33-13-5-8-15-16(9-13)26-21(25-15)27-20(30)11-1-2-11/h3-9,11,17,24H,1-2,10H2,(H2,22,28)(H2,23,29)(H2,25,26,27,30)/t17-/m0/s1. The van der Waals surface area contributed by atoms with Crippen LogP contribution in [-0.2, 0) is 24.5 Å². The molecular weight excluding hydrogens is 464 g/mol. The highest BCUT2D eigenvalue weighted by molar-refractivity contribution is 7.87. The summed E-state index contributed by atoms with van der Waals surface area (Å²) in [4.78, 5) is 41.5. The zero-order valence-corrected chi connectivity index (χ0v) is 18.6. The number of carbonyl (C=O) groups excluding carboxylic acids is 3. The number of carbonyl (C=O) groups is 3. The number of amides is 3. The van der Waals surface area contributed by atoms with Crippen molar-refractivity contribution in [2.24, 2.45) is 17.4 Å². The molecule has 7 N–H and O–H groups in total. The Bertz CT molecular complexity index is 1360. The maximum Gasteiger partial charge on any atom is 0.339 e. The number of anilines is 2. The fourth-order valence-electron chi connectivity index (χ4n) is 3.18. The lowest BCUT2D eigenvalue weighted by atomic mass is 10.1. The first-order chi connectivity index (χ1) is 16.1. The average Bonchev–Trinajstić information content (AvgIpc) is 3.54. The lowest BCUT2D eigenvalue weighted by Gasteiger charge is -2.15. The first kappa shape index (κ1) is 23.0. The Labute approximate surface area is 194 Å². The fourth-order valence-corrected chi connectivity index (χ4v) is 4.10. The van der Waals surface area contributed by atoms with E-state index in [0.717, 1.165) is 12.8 Å². The van der Waals surface area contributed by atoms with Crippen molar-refractivity contribution in [2.45, 2.75) is 30.2 Å². The number of benzene rings is 2. The predicted molar refractivity (Wildman–Crippen MR) is 122 cm³/mol. The largest absolute Gasteiger partial charge is 0.379 e. The molecule has 1 aromatic heterocycles. The van der Waals surface area contributed by atoms with Gasteiger partial charge in [0.1, 0.15) is 16.7 Å². The summed E-state index contributed by atoms with van der Waals surface area (Å²) in [7, 11) is -4.18. The van der Waals surface area contributed by atoms with Crippen LogP contribution in [0.15, 0.2) is 47.4 Å². The molecule has 0 unspecified atom stereocenters. The SMILES string of the molecule is NC(=O)C[C@H](Nc1ccc(S(=O)(=O)Oc2ccc3[nH]c(NC(=O)C4CC4)nc3c2)cc1)C(N)=O. The molecule has 34 heavy (non-hydrogen) atoms. The molecule has 1 saturated carbocycles. The van der Waals surface area contributed by atoms with Gasteiger partial charge in [-0.2, -0.15) is 8.42 Å². The summed E-state index contributed by atoms with van der Waals surface area (Å²) in [6, 6.07) is 8.82. The summed E-state index contributed by atoms with van der Waals surface area (Å²) in [6.45, 7) is 0. The van der Waals surface area contributed by atoms with Gasteiger partial charge in [-0.15, -0.1) is 0 Å². The zero-order chi connectivity index (χ0) is 24.5. The van der Waals surface area contributed by atoms with Crippen molar-refractivity contribution in [3.63, 3.8) is 0 Å². The second-order valence-electron chi connectivity index (χ2n) is 7.86. The van der Waals surface area contributed by atoms with Gasteiger partial charge in [0.05, 0.1) is 17.5 Å². The maximum absolute atomic E-state index is 12.7. The van der Waals surface area contributed by atoms with Crippen molar-refractivity contribution < 1.29 is 27.0 Å². The van der Waals surface area contributed by atoms with E-state index in [2.05, 4.69) is 20.6 Å². The van der Waals surface area contributed by atoms with Crippen molar-refractivity contribution in [1.29, 1.82) is 0 Å². The summed E-state index contributed by atoms with van der Waals surface area (Å²) in [5.74, 6) is -1.26. The van der Waals surface area contributed by atoms with Gasteiger partial charge in [0, 0.05) is 17.7 Å². The minimum atomic E-state index is -4.18. The van der Waals surface area contributed by atoms with Gasteiger partial charge >= 0.3 is 10.1 Å². The number of aromatic amines is 1. The van der Waals surface area contributed by atoms with Crippen LogP contribution in [0.5, 0.6) is 5.75 Å². The molecular formula is C21H22N6O6S. The maximum atomic E-state index is 12.7. The number of fused-ring (bicyclic) bond motifs is 1. The van der Waals surface area contributed by atoms with Gasteiger partial charge in [-0.1, -0.05) is 0 Å². The van der Waals surface area contributed by atoms with E-state index in [1.807, 2.05) is 0 Å². The molecule has 12 nitrogen and oxygen atoms in total. The smallest absolute Gasteiger partial charge is 0.339 e. The lowest BCUT2D eigenvalue weighted by molar-refractivity contribution is -0.123. The molecule has 3 amide bonds. The third-order valence-corrected chi connectivity index (χ3v) is 6.34. The minimum absolute atomic E-state index is 0.0173. The van der Waals surface area contributed by atoms with E-state index in [-0.39, 0.29) is 34.8 Å². The second kappa shape index (κ2) is 9.02. The number of imidazole rings is 1. The molecule has 1 aliphatic carbocycles. The Morgan fingerprint density at radius 2 is 1.82 bits per heavy atom. The highest BCUT2D eigenvalue weighted by atomic mass is 32.2. The van der Waals surface area contributed by atoms with Crippen LogP contribution < -0.4 is 26.3 Å². The molecule has 13 heteroatoms. The fraction of sp³-hybridized carbons (Fsp3) is 0.238. The first-order valence-electron chi connectivity index (χ1n) is 10.3.